The molecular weight excluding hydrogens is 282 g/mol. The fourth-order valence-corrected chi connectivity index (χ4v) is 1.65. The van der Waals surface area contributed by atoms with Gasteiger partial charge in [-0.3, -0.25) is 4.79 Å². The van der Waals surface area contributed by atoms with E-state index in [2.05, 4.69) is 5.32 Å². The molecule has 6 heteroatoms. The van der Waals surface area contributed by atoms with Crippen molar-refractivity contribution < 1.29 is 19.4 Å². The number of halogens is 1. The highest BCUT2D eigenvalue weighted by Crippen LogP contribution is 2.32. The second-order valence-corrected chi connectivity index (χ2v) is 5.44. The van der Waals surface area contributed by atoms with Crippen LogP contribution in [-0.4, -0.2) is 24.1 Å². The third-order valence-corrected chi connectivity index (χ3v) is 3.58. The molecule has 1 rings (SSSR count). The Labute approximate surface area is 122 Å². The number of rotatable bonds is 5. The molecule has 5 nitrogen and oxygen atoms in total. The van der Waals surface area contributed by atoms with Gasteiger partial charge < -0.3 is 15.2 Å². The van der Waals surface area contributed by atoms with Crippen LogP contribution in [0.25, 0.3) is 0 Å². The van der Waals surface area contributed by atoms with Crippen LogP contribution in [0.2, 0.25) is 5.02 Å². The smallest absolute Gasteiger partial charge is 0.339 e. The summed E-state index contributed by atoms with van der Waals surface area (Å²) in [5.74, 6) is -1.19. The number of ether oxygens (including phenoxy) is 1. The predicted octanol–water partition coefficient (Wildman–Crippen LogP) is 3.42. The van der Waals surface area contributed by atoms with E-state index >= 15 is 0 Å². The van der Waals surface area contributed by atoms with E-state index in [0.29, 0.717) is 12.1 Å². The summed E-state index contributed by atoms with van der Waals surface area (Å²) in [6, 6.07) is 2.67. The van der Waals surface area contributed by atoms with Crippen molar-refractivity contribution in [3.63, 3.8) is 0 Å². The minimum Gasteiger partial charge on any atom is -0.496 e. The molecule has 0 aliphatic carbocycles. The molecule has 0 fully saturated rings. The van der Waals surface area contributed by atoms with Crippen LogP contribution in [0, 0.1) is 5.41 Å². The summed E-state index contributed by atoms with van der Waals surface area (Å²) in [6.07, 6.45) is 0.667. The largest absolute Gasteiger partial charge is 0.496 e. The maximum Gasteiger partial charge on any atom is 0.339 e. The highest BCUT2D eigenvalue weighted by molar-refractivity contribution is 6.34. The molecular formula is C14H18ClNO4. The number of carbonyl (C=O) groups excluding carboxylic acids is 1. The van der Waals surface area contributed by atoms with Gasteiger partial charge in [0.15, 0.2) is 0 Å². The van der Waals surface area contributed by atoms with Crippen LogP contribution in [0.4, 0.5) is 5.69 Å². The molecule has 0 unspecified atom stereocenters. The molecule has 110 valence electrons. The van der Waals surface area contributed by atoms with E-state index in [-0.39, 0.29) is 22.2 Å². The third kappa shape index (κ3) is 3.42. The molecule has 0 aromatic heterocycles. The van der Waals surface area contributed by atoms with Crippen LogP contribution >= 0.6 is 11.6 Å². The van der Waals surface area contributed by atoms with Crippen molar-refractivity contribution >= 4 is 29.2 Å². The zero-order valence-corrected chi connectivity index (χ0v) is 12.7. The van der Waals surface area contributed by atoms with Crippen molar-refractivity contribution in [2.45, 2.75) is 27.2 Å². The summed E-state index contributed by atoms with van der Waals surface area (Å²) in [5.41, 5.74) is -0.257. The van der Waals surface area contributed by atoms with E-state index in [9.17, 15) is 9.59 Å². The molecule has 0 bridgehead atoms. The first-order valence-electron chi connectivity index (χ1n) is 6.15. The Bertz CT molecular complexity index is 540. The molecule has 20 heavy (non-hydrogen) atoms. The second-order valence-electron chi connectivity index (χ2n) is 5.03. The van der Waals surface area contributed by atoms with Crippen molar-refractivity contribution in [2.75, 3.05) is 12.4 Å². The van der Waals surface area contributed by atoms with Gasteiger partial charge in [0.05, 0.1) is 17.8 Å². The average molecular weight is 300 g/mol. The van der Waals surface area contributed by atoms with Gasteiger partial charge in [-0.2, -0.15) is 0 Å². The lowest BCUT2D eigenvalue weighted by molar-refractivity contribution is -0.124. The first kappa shape index (κ1) is 16.3. The van der Waals surface area contributed by atoms with Crippen LogP contribution in [0.3, 0.4) is 0 Å². The van der Waals surface area contributed by atoms with Crippen LogP contribution in [-0.2, 0) is 4.79 Å². The number of nitrogens with one attached hydrogen (secondary N) is 1. The van der Waals surface area contributed by atoms with E-state index in [1.54, 1.807) is 0 Å². The SMILES string of the molecule is CCC(C)(C)C(=O)Nc1cc(OC)c(C(=O)O)cc1Cl. The molecule has 0 spiro atoms. The average Bonchev–Trinajstić information content (AvgIpc) is 2.40. The molecule has 0 heterocycles. The van der Waals surface area contributed by atoms with E-state index in [0.717, 1.165) is 0 Å². The van der Waals surface area contributed by atoms with Crippen LogP contribution in [0.5, 0.6) is 5.75 Å². The van der Waals surface area contributed by atoms with E-state index in [4.69, 9.17) is 21.4 Å². The Hall–Kier alpha value is -1.75. The van der Waals surface area contributed by atoms with Gasteiger partial charge in [0, 0.05) is 11.5 Å². The number of methoxy groups -OCH3 is 1. The van der Waals surface area contributed by atoms with Crippen molar-refractivity contribution in [2.24, 2.45) is 5.41 Å². The van der Waals surface area contributed by atoms with Crippen molar-refractivity contribution in [1.82, 2.24) is 0 Å². The van der Waals surface area contributed by atoms with Gasteiger partial charge in [0.2, 0.25) is 5.91 Å². The third-order valence-electron chi connectivity index (χ3n) is 3.27. The standard InChI is InChI=1S/C14H18ClNO4/c1-5-14(2,3)13(19)16-10-7-11(20-4)8(12(17)18)6-9(10)15/h6-7H,5H2,1-4H3,(H,16,19)(H,17,18). The fourth-order valence-electron chi connectivity index (χ4n) is 1.44. The molecule has 0 saturated heterocycles. The van der Waals surface area contributed by atoms with E-state index < -0.39 is 11.4 Å². The topological polar surface area (TPSA) is 75.6 Å². The van der Waals surface area contributed by atoms with Gasteiger partial charge in [-0.25, -0.2) is 4.79 Å². The number of carboxylic acids is 1. The molecule has 0 radical (unpaired) electrons. The first-order chi connectivity index (χ1) is 9.22. The number of hydrogen-bond acceptors (Lipinski definition) is 3. The van der Waals surface area contributed by atoms with E-state index in [1.807, 2.05) is 20.8 Å². The zero-order valence-electron chi connectivity index (χ0n) is 11.9. The Morgan fingerprint density at radius 3 is 2.45 bits per heavy atom. The van der Waals surface area contributed by atoms with Gasteiger partial charge in [-0.05, 0) is 12.5 Å². The fraction of sp³-hybridized carbons (Fsp3) is 0.429. The minimum absolute atomic E-state index is 0.0507. The summed E-state index contributed by atoms with van der Waals surface area (Å²) in [4.78, 5) is 23.2. The molecule has 2 N–H and O–H groups in total. The maximum atomic E-state index is 12.1. The summed E-state index contributed by atoms with van der Waals surface area (Å²) in [5, 5.41) is 11.9. The Morgan fingerprint density at radius 2 is 2.00 bits per heavy atom. The molecule has 1 aromatic carbocycles. The molecule has 1 amide bonds. The highest BCUT2D eigenvalue weighted by Gasteiger charge is 2.26. The summed E-state index contributed by atoms with van der Waals surface area (Å²) < 4.78 is 5.01. The predicted molar refractivity (Wildman–Crippen MR) is 77.7 cm³/mol. The first-order valence-corrected chi connectivity index (χ1v) is 6.53. The molecule has 0 aliphatic heterocycles. The number of benzene rings is 1. The van der Waals surface area contributed by atoms with Gasteiger partial charge in [-0.15, -0.1) is 0 Å². The molecule has 0 atom stereocenters. The second kappa shape index (κ2) is 6.13. The number of amides is 1. The lowest BCUT2D eigenvalue weighted by Crippen LogP contribution is -2.30. The van der Waals surface area contributed by atoms with E-state index in [1.165, 1.54) is 19.2 Å². The number of hydrogen-bond donors (Lipinski definition) is 2. The highest BCUT2D eigenvalue weighted by atomic mass is 35.5. The normalized spacial score (nSPS) is 11.1. The zero-order chi connectivity index (χ0) is 15.5. The number of anilines is 1. The molecule has 0 saturated carbocycles. The summed E-state index contributed by atoms with van der Waals surface area (Å²) in [7, 11) is 1.36. The monoisotopic (exact) mass is 299 g/mol. The van der Waals surface area contributed by atoms with Crippen molar-refractivity contribution in [1.29, 1.82) is 0 Å². The van der Waals surface area contributed by atoms with Gasteiger partial charge in [0.25, 0.3) is 0 Å². The van der Waals surface area contributed by atoms with Crippen LogP contribution in [0.15, 0.2) is 12.1 Å². The minimum atomic E-state index is -1.14. The van der Waals surface area contributed by atoms with Crippen LogP contribution < -0.4 is 10.1 Å². The van der Waals surface area contributed by atoms with Gasteiger partial charge >= 0.3 is 5.97 Å². The van der Waals surface area contributed by atoms with Crippen LogP contribution in [0.1, 0.15) is 37.6 Å². The summed E-state index contributed by atoms with van der Waals surface area (Å²) >= 11 is 6.01. The number of aromatic carboxylic acids is 1. The number of carboxylic acid groups (broad SMARTS) is 1. The number of carbonyl (C=O) groups is 2. The Morgan fingerprint density at radius 1 is 1.40 bits per heavy atom. The quantitative estimate of drug-likeness (QED) is 0.873. The molecule has 1 aromatic rings. The van der Waals surface area contributed by atoms with Gasteiger partial charge in [0.1, 0.15) is 11.3 Å². The summed E-state index contributed by atoms with van der Waals surface area (Å²) in [6.45, 7) is 5.55. The van der Waals surface area contributed by atoms with Crippen molar-refractivity contribution in [3.8, 4) is 5.75 Å². The Balaban J connectivity index is 3.15. The lowest BCUT2D eigenvalue weighted by atomic mass is 9.89. The molecule has 0 aliphatic rings. The van der Waals surface area contributed by atoms with Gasteiger partial charge in [-0.1, -0.05) is 32.4 Å². The lowest BCUT2D eigenvalue weighted by Gasteiger charge is -2.22. The van der Waals surface area contributed by atoms with Crippen molar-refractivity contribution in [3.05, 3.63) is 22.7 Å². The Kier molecular flexibility index (Phi) is 5.00. The maximum absolute atomic E-state index is 12.1.